The van der Waals surface area contributed by atoms with E-state index in [1.807, 2.05) is 6.92 Å². The number of nitrogens with two attached hydrogens (primary N) is 1. The number of aromatic nitrogens is 3. The fraction of sp³-hybridized carbons (Fsp3) is 0.500. The maximum atomic E-state index is 6.09. The Bertz CT molecular complexity index is 564. The van der Waals surface area contributed by atoms with Crippen LogP contribution < -0.4 is 5.73 Å². The second kappa shape index (κ2) is 5.37. The SMILES string of the molecule is Cc1cnn(-c2ccc(C3(CN)CCCCC3)cc2)n1. The van der Waals surface area contributed by atoms with Gasteiger partial charge in [0.15, 0.2) is 0 Å². The van der Waals surface area contributed by atoms with Gasteiger partial charge in [0.2, 0.25) is 0 Å². The van der Waals surface area contributed by atoms with E-state index < -0.39 is 0 Å². The highest BCUT2D eigenvalue weighted by atomic mass is 15.5. The monoisotopic (exact) mass is 270 g/mol. The van der Waals surface area contributed by atoms with Crippen molar-refractivity contribution in [3.05, 3.63) is 41.7 Å². The van der Waals surface area contributed by atoms with Gasteiger partial charge < -0.3 is 5.73 Å². The van der Waals surface area contributed by atoms with Gasteiger partial charge in [0.1, 0.15) is 0 Å². The fourth-order valence-electron chi connectivity index (χ4n) is 3.25. The third kappa shape index (κ3) is 2.36. The van der Waals surface area contributed by atoms with Gasteiger partial charge in [-0.3, -0.25) is 0 Å². The molecule has 0 bridgehead atoms. The standard InChI is InChI=1S/C16H22N4/c1-13-11-18-20(19-13)15-7-5-14(6-8-15)16(12-17)9-3-2-4-10-16/h5-8,11H,2-4,9-10,12,17H2,1H3. The van der Waals surface area contributed by atoms with Crippen molar-refractivity contribution in [1.29, 1.82) is 0 Å². The van der Waals surface area contributed by atoms with Gasteiger partial charge in [0.25, 0.3) is 0 Å². The molecule has 2 N–H and O–H groups in total. The Hall–Kier alpha value is -1.68. The number of rotatable bonds is 3. The minimum absolute atomic E-state index is 0.185. The van der Waals surface area contributed by atoms with Gasteiger partial charge in [-0.15, -0.1) is 0 Å². The summed E-state index contributed by atoms with van der Waals surface area (Å²) >= 11 is 0. The van der Waals surface area contributed by atoms with Crippen molar-refractivity contribution >= 4 is 0 Å². The maximum absolute atomic E-state index is 6.09. The Labute approximate surface area is 120 Å². The molecule has 1 heterocycles. The smallest absolute Gasteiger partial charge is 0.0856 e. The molecule has 4 nitrogen and oxygen atoms in total. The van der Waals surface area contributed by atoms with Crippen LogP contribution in [0.25, 0.3) is 5.69 Å². The van der Waals surface area contributed by atoms with E-state index in [9.17, 15) is 0 Å². The van der Waals surface area contributed by atoms with Crippen molar-refractivity contribution < 1.29 is 0 Å². The van der Waals surface area contributed by atoms with Crippen LogP contribution in [0.1, 0.15) is 43.4 Å². The first-order chi connectivity index (χ1) is 9.73. The third-order valence-electron chi connectivity index (χ3n) is 4.52. The first-order valence-corrected chi connectivity index (χ1v) is 7.43. The van der Waals surface area contributed by atoms with Crippen LogP contribution in [0.15, 0.2) is 30.5 Å². The summed E-state index contributed by atoms with van der Waals surface area (Å²) in [5.74, 6) is 0. The quantitative estimate of drug-likeness (QED) is 0.933. The predicted octanol–water partition coefficient (Wildman–Crippen LogP) is 2.74. The zero-order valence-corrected chi connectivity index (χ0v) is 12.0. The van der Waals surface area contributed by atoms with Gasteiger partial charge in [-0.05, 0) is 37.5 Å². The number of hydrogen-bond acceptors (Lipinski definition) is 3. The van der Waals surface area contributed by atoms with Crippen molar-refractivity contribution in [2.75, 3.05) is 6.54 Å². The topological polar surface area (TPSA) is 56.7 Å². The van der Waals surface area contributed by atoms with Crippen LogP contribution in [0.4, 0.5) is 0 Å². The van der Waals surface area contributed by atoms with Crippen molar-refractivity contribution in [1.82, 2.24) is 15.0 Å². The molecule has 1 fully saturated rings. The van der Waals surface area contributed by atoms with Gasteiger partial charge in [0.05, 0.1) is 17.6 Å². The number of nitrogens with zero attached hydrogens (tertiary/aromatic N) is 3. The Balaban J connectivity index is 1.88. The van der Waals surface area contributed by atoms with Crippen LogP contribution in [0.5, 0.6) is 0 Å². The van der Waals surface area contributed by atoms with E-state index in [1.165, 1.54) is 37.7 Å². The van der Waals surface area contributed by atoms with Gasteiger partial charge in [-0.1, -0.05) is 31.4 Å². The molecular formula is C16H22N4. The molecule has 1 aromatic heterocycles. The summed E-state index contributed by atoms with van der Waals surface area (Å²) < 4.78 is 0. The average Bonchev–Trinajstić information content (AvgIpc) is 2.95. The second-order valence-electron chi connectivity index (χ2n) is 5.87. The molecule has 0 saturated heterocycles. The van der Waals surface area contributed by atoms with Gasteiger partial charge in [-0.25, -0.2) is 0 Å². The van der Waals surface area contributed by atoms with Crippen LogP contribution in [-0.2, 0) is 5.41 Å². The largest absolute Gasteiger partial charge is 0.330 e. The van der Waals surface area contributed by atoms with E-state index in [0.29, 0.717) is 0 Å². The molecule has 20 heavy (non-hydrogen) atoms. The second-order valence-corrected chi connectivity index (χ2v) is 5.87. The van der Waals surface area contributed by atoms with Crippen molar-refractivity contribution in [3.8, 4) is 5.69 Å². The zero-order valence-electron chi connectivity index (χ0n) is 12.0. The first-order valence-electron chi connectivity index (χ1n) is 7.43. The van der Waals surface area contributed by atoms with E-state index in [0.717, 1.165) is 17.9 Å². The third-order valence-corrected chi connectivity index (χ3v) is 4.52. The predicted molar refractivity (Wildman–Crippen MR) is 79.9 cm³/mol. The molecule has 0 unspecified atom stereocenters. The Kier molecular flexibility index (Phi) is 3.57. The molecule has 0 spiro atoms. The molecule has 0 aliphatic heterocycles. The van der Waals surface area contributed by atoms with E-state index in [2.05, 4.69) is 34.5 Å². The summed E-state index contributed by atoms with van der Waals surface area (Å²) in [4.78, 5) is 1.68. The summed E-state index contributed by atoms with van der Waals surface area (Å²) in [6, 6.07) is 8.60. The molecule has 106 valence electrons. The summed E-state index contributed by atoms with van der Waals surface area (Å²) in [7, 11) is 0. The number of hydrogen-bond donors (Lipinski definition) is 1. The molecule has 3 rings (SSSR count). The van der Waals surface area contributed by atoms with Crippen molar-refractivity contribution in [2.45, 2.75) is 44.4 Å². The maximum Gasteiger partial charge on any atom is 0.0856 e. The van der Waals surface area contributed by atoms with E-state index in [1.54, 1.807) is 11.0 Å². The number of benzene rings is 1. The molecule has 2 aromatic rings. The van der Waals surface area contributed by atoms with Crippen LogP contribution in [0.2, 0.25) is 0 Å². The lowest BCUT2D eigenvalue weighted by atomic mass is 9.69. The number of aryl methyl sites for hydroxylation is 1. The van der Waals surface area contributed by atoms with E-state index in [-0.39, 0.29) is 5.41 Å². The Morgan fingerprint density at radius 2 is 1.85 bits per heavy atom. The Morgan fingerprint density at radius 1 is 1.15 bits per heavy atom. The van der Waals surface area contributed by atoms with Crippen LogP contribution in [0, 0.1) is 6.92 Å². The lowest BCUT2D eigenvalue weighted by molar-refractivity contribution is 0.301. The highest BCUT2D eigenvalue weighted by Gasteiger charge is 2.32. The summed E-state index contributed by atoms with van der Waals surface area (Å²) in [5, 5.41) is 8.59. The van der Waals surface area contributed by atoms with Gasteiger partial charge >= 0.3 is 0 Å². The lowest BCUT2D eigenvalue weighted by Gasteiger charge is -2.36. The Morgan fingerprint density at radius 3 is 2.40 bits per heavy atom. The molecule has 0 amide bonds. The van der Waals surface area contributed by atoms with Crippen molar-refractivity contribution in [3.63, 3.8) is 0 Å². The highest BCUT2D eigenvalue weighted by molar-refractivity contribution is 5.37. The van der Waals surface area contributed by atoms with Crippen LogP contribution in [-0.4, -0.2) is 21.5 Å². The average molecular weight is 270 g/mol. The fourth-order valence-corrected chi connectivity index (χ4v) is 3.25. The first kappa shape index (κ1) is 13.3. The molecule has 4 heteroatoms. The molecular weight excluding hydrogens is 248 g/mol. The van der Waals surface area contributed by atoms with Crippen LogP contribution in [0.3, 0.4) is 0 Å². The summed E-state index contributed by atoms with van der Waals surface area (Å²) in [6.07, 6.45) is 8.12. The normalized spacial score (nSPS) is 18.1. The van der Waals surface area contributed by atoms with E-state index >= 15 is 0 Å². The van der Waals surface area contributed by atoms with Crippen molar-refractivity contribution in [2.24, 2.45) is 5.73 Å². The summed E-state index contributed by atoms with van der Waals surface area (Å²) in [6.45, 7) is 2.69. The molecule has 0 radical (unpaired) electrons. The van der Waals surface area contributed by atoms with Crippen LogP contribution >= 0.6 is 0 Å². The molecule has 1 aliphatic rings. The molecule has 1 aliphatic carbocycles. The zero-order chi connectivity index (χ0) is 14.0. The lowest BCUT2D eigenvalue weighted by Crippen LogP contribution is -2.37. The highest BCUT2D eigenvalue weighted by Crippen LogP contribution is 2.38. The van der Waals surface area contributed by atoms with Gasteiger partial charge in [-0.2, -0.15) is 15.0 Å². The van der Waals surface area contributed by atoms with E-state index in [4.69, 9.17) is 5.73 Å². The summed E-state index contributed by atoms with van der Waals surface area (Å²) in [5.41, 5.74) is 9.58. The molecule has 1 aromatic carbocycles. The molecule has 0 atom stereocenters. The van der Waals surface area contributed by atoms with Gasteiger partial charge in [0, 0.05) is 12.0 Å². The minimum atomic E-state index is 0.185. The molecule has 1 saturated carbocycles. The minimum Gasteiger partial charge on any atom is -0.330 e.